The summed E-state index contributed by atoms with van der Waals surface area (Å²) in [5.41, 5.74) is 6.60. The molecule has 0 aliphatic carbocycles. The van der Waals surface area contributed by atoms with Gasteiger partial charge in [0.2, 0.25) is 0 Å². The van der Waals surface area contributed by atoms with Crippen molar-refractivity contribution in [1.29, 1.82) is 0 Å². The number of aryl methyl sites for hydroxylation is 1. The Morgan fingerprint density at radius 3 is 2.74 bits per heavy atom. The Labute approximate surface area is 202 Å². The van der Waals surface area contributed by atoms with Crippen molar-refractivity contribution in [3.05, 3.63) is 65.9 Å². The number of anilines is 1. The first-order valence-electron chi connectivity index (χ1n) is 12.8. The van der Waals surface area contributed by atoms with E-state index in [1.807, 2.05) is 4.68 Å². The third kappa shape index (κ3) is 4.49. The van der Waals surface area contributed by atoms with Crippen molar-refractivity contribution >= 4 is 5.69 Å². The van der Waals surface area contributed by atoms with Gasteiger partial charge in [-0.25, -0.2) is 4.68 Å². The molecule has 3 fully saturated rings. The van der Waals surface area contributed by atoms with Crippen LogP contribution in [0.25, 0.3) is 11.3 Å². The smallest absolute Gasteiger partial charge is 0.113 e. The third-order valence-electron chi connectivity index (χ3n) is 7.87. The highest BCUT2D eigenvalue weighted by Crippen LogP contribution is 2.42. The average Bonchev–Trinajstić information content (AvgIpc) is 3.47. The van der Waals surface area contributed by atoms with Gasteiger partial charge in [-0.1, -0.05) is 41.6 Å². The van der Waals surface area contributed by atoms with Crippen LogP contribution in [0.4, 0.5) is 5.69 Å². The molecule has 34 heavy (non-hydrogen) atoms. The highest BCUT2D eigenvalue weighted by atomic mass is 16.5. The van der Waals surface area contributed by atoms with Gasteiger partial charge in [-0.15, -0.1) is 5.10 Å². The largest absolute Gasteiger partial charge is 0.376 e. The Morgan fingerprint density at radius 2 is 1.94 bits per heavy atom. The van der Waals surface area contributed by atoms with E-state index in [0.29, 0.717) is 5.41 Å². The van der Waals surface area contributed by atoms with Crippen molar-refractivity contribution in [2.75, 3.05) is 37.7 Å². The molecule has 2 aromatic carbocycles. The first-order chi connectivity index (χ1) is 16.7. The standard InChI is InChI=1S/C28H35N5O/c1-22-15-24(10-11-26(22)27-18-33(30-29-27)17-25-9-5-6-14-34-25)32-20-28(21-32)12-13-31(19-28)16-23-7-3-2-4-8-23/h2-4,7-8,10-11,15,18,25H,5-6,9,12-14,16-17,19-21H2,1H3/t25-/m1/s1. The van der Waals surface area contributed by atoms with Crippen molar-refractivity contribution in [3.63, 3.8) is 0 Å². The molecule has 3 aromatic rings. The van der Waals surface area contributed by atoms with Crippen molar-refractivity contribution in [2.45, 2.75) is 51.8 Å². The number of ether oxygens (including phenoxy) is 1. The van der Waals surface area contributed by atoms with E-state index in [-0.39, 0.29) is 6.10 Å². The van der Waals surface area contributed by atoms with Gasteiger partial charge in [-0.2, -0.15) is 0 Å². The molecule has 0 radical (unpaired) electrons. The lowest BCUT2D eigenvalue weighted by Crippen LogP contribution is -2.57. The van der Waals surface area contributed by atoms with E-state index in [2.05, 4.69) is 81.8 Å². The van der Waals surface area contributed by atoms with E-state index < -0.39 is 0 Å². The summed E-state index contributed by atoms with van der Waals surface area (Å²) >= 11 is 0. The molecule has 0 bridgehead atoms. The van der Waals surface area contributed by atoms with Crippen LogP contribution >= 0.6 is 0 Å². The van der Waals surface area contributed by atoms with Gasteiger partial charge in [0.15, 0.2) is 0 Å². The molecule has 1 aromatic heterocycles. The second-order valence-electron chi connectivity index (χ2n) is 10.6. The Hall–Kier alpha value is -2.70. The van der Waals surface area contributed by atoms with Gasteiger partial charge in [-0.05, 0) is 62.4 Å². The third-order valence-corrected chi connectivity index (χ3v) is 7.87. The number of likely N-dealkylation sites (tertiary alicyclic amines) is 1. The maximum Gasteiger partial charge on any atom is 0.113 e. The number of hydrogen-bond donors (Lipinski definition) is 0. The number of benzene rings is 2. The zero-order valence-corrected chi connectivity index (χ0v) is 20.2. The summed E-state index contributed by atoms with van der Waals surface area (Å²) in [5, 5.41) is 8.83. The van der Waals surface area contributed by atoms with Crippen LogP contribution in [0.5, 0.6) is 0 Å². The fraction of sp³-hybridized carbons (Fsp3) is 0.500. The molecule has 1 atom stereocenters. The SMILES string of the molecule is Cc1cc(N2CC3(CCN(Cc4ccccc4)C3)C2)ccc1-c1cn(C[C@H]2CCCCO2)nn1. The number of nitrogens with zero attached hydrogens (tertiary/aromatic N) is 5. The van der Waals surface area contributed by atoms with E-state index in [9.17, 15) is 0 Å². The van der Waals surface area contributed by atoms with Gasteiger partial charge < -0.3 is 9.64 Å². The lowest BCUT2D eigenvalue weighted by molar-refractivity contribution is 0.00370. The quantitative estimate of drug-likeness (QED) is 0.544. The Morgan fingerprint density at radius 1 is 1.06 bits per heavy atom. The molecule has 178 valence electrons. The summed E-state index contributed by atoms with van der Waals surface area (Å²) in [6, 6.07) is 17.7. The summed E-state index contributed by atoms with van der Waals surface area (Å²) in [4.78, 5) is 5.17. The van der Waals surface area contributed by atoms with E-state index in [0.717, 1.165) is 44.9 Å². The predicted octanol–water partition coefficient (Wildman–Crippen LogP) is 4.53. The number of rotatable bonds is 6. The molecule has 0 saturated carbocycles. The van der Waals surface area contributed by atoms with Crippen LogP contribution < -0.4 is 4.90 Å². The lowest BCUT2D eigenvalue weighted by atomic mass is 9.78. The first kappa shape index (κ1) is 21.8. The van der Waals surface area contributed by atoms with Crippen molar-refractivity contribution in [2.24, 2.45) is 5.41 Å². The average molecular weight is 458 g/mol. The molecule has 6 heteroatoms. The zero-order valence-electron chi connectivity index (χ0n) is 20.2. The van der Waals surface area contributed by atoms with Gasteiger partial charge in [0.1, 0.15) is 5.69 Å². The topological polar surface area (TPSA) is 46.4 Å². The Kier molecular flexibility index (Phi) is 5.87. The monoisotopic (exact) mass is 457 g/mol. The van der Waals surface area contributed by atoms with Crippen LogP contribution in [-0.2, 0) is 17.8 Å². The Balaban J connectivity index is 1.06. The summed E-state index contributed by atoms with van der Waals surface area (Å²) in [5.74, 6) is 0. The molecule has 0 N–H and O–H groups in total. The van der Waals surface area contributed by atoms with Crippen LogP contribution in [0.1, 0.15) is 36.8 Å². The number of aromatic nitrogens is 3. The van der Waals surface area contributed by atoms with Crippen LogP contribution in [0.2, 0.25) is 0 Å². The molecule has 3 aliphatic heterocycles. The van der Waals surface area contributed by atoms with Gasteiger partial charge >= 0.3 is 0 Å². The first-order valence-corrected chi connectivity index (χ1v) is 12.8. The van der Waals surface area contributed by atoms with E-state index in [4.69, 9.17) is 4.74 Å². The molecule has 0 amide bonds. The zero-order chi connectivity index (χ0) is 23.0. The van der Waals surface area contributed by atoms with Crippen LogP contribution in [-0.4, -0.2) is 58.8 Å². The molecule has 3 saturated heterocycles. The maximum absolute atomic E-state index is 5.86. The minimum absolute atomic E-state index is 0.268. The van der Waals surface area contributed by atoms with E-state index in [1.54, 1.807) is 0 Å². The summed E-state index contributed by atoms with van der Waals surface area (Å²) in [7, 11) is 0. The second kappa shape index (κ2) is 9.16. The highest BCUT2D eigenvalue weighted by molar-refractivity contribution is 5.67. The van der Waals surface area contributed by atoms with Gasteiger partial charge in [0, 0.05) is 49.5 Å². The normalized spacial score (nSPS) is 22.3. The minimum Gasteiger partial charge on any atom is -0.376 e. The van der Waals surface area contributed by atoms with Crippen molar-refractivity contribution < 1.29 is 4.74 Å². The maximum atomic E-state index is 5.86. The molecule has 0 unspecified atom stereocenters. The molecule has 4 heterocycles. The minimum atomic E-state index is 0.268. The molecule has 3 aliphatic rings. The van der Waals surface area contributed by atoms with Gasteiger partial charge in [-0.3, -0.25) is 4.90 Å². The fourth-order valence-corrected chi connectivity index (χ4v) is 6.01. The summed E-state index contributed by atoms with van der Waals surface area (Å²) < 4.78 is 7.80. The second-order valence-corrected chi connectivity index (χ2v) is 10.6. The molecular weight excluding hydrogens is 422 g/mol. The van der Waals surface area contributed by atoms with Crippen molar-refractivity contribution in [3.8, 4) is 11.3 Å². The van der Waals surface area contributed by atoms with E-state index >= 15 is 0 Å². The molecule has 1 spiro atoms. The van der Waals surface area contributed by atoms with Gasteiger partial charge in [0.05, 0.1) is 18.8 Å². The summed E-state index contributed by atoms with van der Waals surface area (Å²) in [6.45, 7) is 9.67. The van der Waals surface area contributed by atoms with Crippen LogP contribution in [0.3, 0.4) is 0 Å². The van der Waals surface area contributed by atoms with E-state index in [1.165, 1.54) is 54.7 Å². The molecular formula is C28H35N5O. The summed E-state index contributed by atoms with van der Waals surface area (Å²) in [6.07, 6.45) is 7.18. The number of hydrogen-bond acceptors (Lipinski definition) is 5. The Bertz CT molecular complexity index is 1110. The van der Waals surface area contributed by atoms with Crippen molar-refractivity contribution in [1.82, 2.24) is 19.9 Å². The fourth-order valence-electron chi connectivity index (χ4n) is 6.01. The molecule has 6 rings (SSSR count). The molecule has 6 nitrogen and oxygen atoms in total. The lowest BCUT2D eigenvalue weighted by Gasteiger charge is -2.49. The predicted molar refractivity (Wildman–Crippen MR) is 135 cm³/mol. The highest BCUT2D eigenvalue weighted by Gasteiger charge is 2.47. The van der Waals surface area contributed by atoms with Crippen LogP contribution in [0, 0.1) is 12.3 Å². The van der Waals surface area contributed by atoms with Crippen LogP contribution in [0.15, 0.2) is 54.7 Å². The van der Waals surface area contributed by atoms with Gasteiger partial charge in [0.25, 0.3) is 0 Å².